The lowest BCUT2D eigenvalue weighted by Crippen LogP contribution is -2.15. The maximum Gasteiger partial charge on any atom is 0.419 e. The highest BCUT2D eigenvalue weighted by atomic mass is 19.4. The normalized spacial score (nSPS) is 13.6. The van der Waals surface area contributed by atoms with Crippen LogP contribution < -0.4 is 10.5 Å². The number of benzene rings is 1. The Balaban J connectivity index is 3.32. The lowest BCUT2D eigenvalue weighted by molar-refractivity contribution is -0.138. The van der Waals surface area contributed by atoms with Crippen LogP contribution in [0.25, 0.3) is 0 Å². The molecule has 1 aromatic carbocycles. The van der Waals surface area contributed by atoms with Crippen LogP contribution in [0, 0.1) is 0 Å². The summed E-state index contributed by atoms with van der Waals surface area (Å²) in [5.74, 6) is -0.382. The van der Waals surface area contributed by atoms with Crippen LogP contribution >= 0.6 is 0 Å². The molecule has 6 heteroatoms. The fourth-order valence-electron chi connectivity index (χ4n) is 1.40. The van der Waals surface area contributed by atoms with Gasteiger partial charge in [-0.25, -0.2) is 0 Å². The Hall–Kier alpha value is -1.27. The SMILES string of the molecule is COc1c([C@H](O)CN)cccc1C(F)(F)F. The van der Waals surface area contributed by atoms with Gasteiger partial charge in [-0.2, -0.15) is 13.2 Å². The van der Waals surface area contributed by atoms with Gasteiger partial charge in [-0.1, -0.05) is 12.1 Å². The summed E-state index contributed by atoms with van der Waals surface area (Å²) in [6.07, 6.45) is -5.69. The molecule has 0 saturated carbocycles. The summed E-state index contributed by atoms with van der Waals surface area (Å²) in [5, 5.41) is 9.46. The van der Waals surface area contributed by atoms with Crippen molar-refractivity contribution in [1.29, 1.82) is 0 Å². The molecule has 1 atom stereocenters. The van der Waals surface area contributed by atoms with E-state index >= 15 is 0 Å². The third-order valence-electron chi connectivity index (χ3n) is 2.14. The largest absolute Gasteiger partial charge is 0.496 e. The molecule has 1 rings (SSSR count). The highest BCUT2D eigenvalue weighted by Crippen LogP contribution is 2.39. The zero-order valence-corrected chi connectivity index (χ0v) is 8.58. The molecule has 0 fully saturated rings. The molecule has 1 aromatic rings. The van der Waals surface area contributed by atoms with Crippen molar-refractivity contribution in [3.8, 4) is 5.75 Å². The van der Waals surface area contributed by atoms with E-state index < -0.39 is 17.8 Å². The topological polar surface area (TPSA) is 55.5 Å². The van der Waals surface area contributed by atoms with E-state index in [0.717, 1.165) is 13.2 Å². The standard InChI is InChI=1S/C10H12F3NO2/c1-16-9-6(8(15)5-14)3-2-4-7(9)10(11,12)13/h2-4,8,15H,5,14H2,1H3/t8-/m1/s1. The zero-order valence-electron chi connectivity index (χ0n) is 8.58. The molecule has 16 heavy (non-hydrogen) atoms. The van der Waals surface area contributed by atoms with Crippen LogP contribution in [-0.4, -0.2) is 18.8 Å². The summed E-state index contributed by atoms with van der Waals surface area (Å²) in [6.45, 7) is -0.169. The molecule has 0 aromatic heterocycles. The first-order valence-electron chi connectivity index (χ1n) is 4.54. The van der Waals surface area contributed by atoms with Crippen molar-refractivity contribution in [2.24, 2.45) is 5.73 Å². The molecule has 0 aliphatic carbocycles. The van der Waals surface area contributed by atoms with Gasteiger partial charge in [-0.05, 0) is 6.07 Å². The smallest absolute Gasteiger partial charge is 0.419 e. The Morgan fingerprint density at radius 3 is 2.50 bits per heavy atom. The van der Waals surface area contributed by atoms with Crippen LogP contribution in [0.3, 0.4) is 0 Å². The van der Waals surface area contributed by atoms with Crippen LogP contribution in [0.5, 0.6) is 5.75 Å². The maximum atomic E-state index is 12.6. The van der Waals surface area contributed by atoms with E-state index in [4.69, 9.17) is 10.5 Å². The summed E-state index contributed by atoms with van der Waals surface area (Å²) in [6, 6.07) is 3.46. The molecule has 0 unspecified atom stereocenters. The molecule has 0 heterocycles. The van der Waals surface area contributed by atoms with Crippen LogP contribution in [0.1, 0.15) is 17.2 Å². The van der Waals surface area contributed by atoms with E-state index in [2.05, 4.69) is 0 Å². The Morgan fingerprint density at radius 1 is 1.44 bits per heavy atom. The molecular weight excluding hydrogens is 223 g/mol. The molecule has 0 saturated heterocycles. The molecule has 0 radical (unpaired) electrons. The third kappa shape index (κ3) is 2.45. The first-order chi connectivity index (χ1) is 7.41. The van der Waals surface area contributed by atoms with Gasteiger partial charge < -0.3 is 15.6 Å². The predicted molar refractivity (Wildman–Crippen MR) is 52.0 cm³/mol. The Morgan fingerprint density at radius 2 is 2.06 bits per heavy atom. The van der Waals surface area contributed by atoms with Gasteiger partial charge in [-0.15, -0.1) is 0 Å². The van der Waals surface area contributed by atoms with Crippen LogP contribution in [-0.2, 0) is 6.18 Å². The number of methoxy groups -OCH3 is 1. The molecule has 0 amide bonds. The average Bonchev–Trinajstić information content (AvgIpc) is 2.25. The maximum absolute atomic E-state index is 12.6. The Bertz CT molecular complexity index is 366. The number of para-hydroxylation sites is 1. The van der Waals surface area contributed by atoms with Gasteiger partial charge in [0.2, 0.25) is 0 Å². The third-order valence-corrected chi connectivity index (χ3v) is 2.14. The van der Waals surface area contributed by atoms with Crippen molar-refractivity contribution in [3.05, 3.63) is 29.3 Å². The van der Waals surface area contributed by atoms with Gasteiger partial charge >= 0.3 is 6.18 Å². The number of rotatable bonds is 3. The molecule has 0 spiro atoms. The van der Waals surface area contributed by atoms with Gasteiger partial charge in [0.25, 0.3) is 0 Å². The van der Waals surface area contributed by atoms with Crippen LogP contribution in [0.15, 0.2) is 18.2 Å². The Labute approximate surface area is 90.6 Å². The Kier molecular flexibility index (Phi) is 3.77. The van der Waals surface area contributed by atoms with Crippen LogP contribution in [0.2, 0.25) is 0 Å². The first-order valence-corrected chi connectivity index (χ1v) is 4.54. The van der Waals surface area contributed by atoms with E-state index in [1.54, 1.807) is 0 Å². The minimum atomic E-state index is -4.52. The van der Waals surface area contributed by atoms with E-state index in [9.17, 15) is 18.3 Å². The fourth-order valence-corrected chi connectivity index (χ4v) is 1.40. The van der Waals surface area contributed by atoms with Crippen LogP contribution in [0.4, 0.5) is 13.2 Å². The van der Waals surface area contributed by atoms with Crippen molar-refractivity contribution in [2.45, 2.75) is 12.3 Å². The van der Waals surface area contributed by atoms with E-state index in [-0.39, 0.29) is 17.9 Å². The summed E-state index contributed by atoms with van der Waals surface area (Å²) >= 11 is 0. The second kappa shape index (κ2) is 4.71. The molecule has 0 bridgehead atoms. The fraction of sp³-hybridized carbons (Fsp3) is 0.400. The van der Waals surface area contributed by atoms with E-state index in [0.29, 0.717) is 0 Å². The first kappa shape index (κ1) is 12.8. The zero-order chi connectivity index (χ0) is 12.3. The highest BCUT2D eigenvalue weighted by Gasteiger charge is 2.35. The summed E-state index contributed by atoms with van der Waals surface area (Å²) in [5.41, 5.74) is 4.32. The number of aliphatic hydroxyl groups excluding tert-OH is 1. The molecule has 0 aliphatic rings. The molecule has 0 aliphatic heterocycles. The van der Waals surface area contributed by atoms with Crippen molar-refractivity contribution in [3.63, 3.8) is 0 Å². The summed E-state index contributed by atoms with van der Waals surface area (Å²) < 4.78 is 42.5. The van der Waals surface area contributed by atoms with Gasteiger partial charge in [-0.3, -0.25) is 0 Å². The monoisotopic (exact) mass is 235 g/mol. The second-order valence-corrected chi connectivity index (χ2v) is 3.18. The minimum absolute atomic E-state index is 0.0415. The number of hydrogen-bond acceptors (Lipinski definition) is 3. The van der Waals surface area contributed by atoms with Crippen molar-refractivity contribution < 1.29 is 23.0 Å². The van der Waals surface area contributed by atoms with Gasteiger partial charge in [0.05, 0.1) is 18.8 Å². The highest BCUT2D eigenvalue weighted by molar-refractivity contribution is 5.44. The number of ether oxygens (including phenoxy) is 1. The predicted octanol–water partition coefficient (Wildman–Crippen LogP) is 1.71. The van der Waals surface area contributed by atoms with E-state index in [1.807, 2.05) is 0 Å². The summed E-state index contributed by atoms with van der Waals surface area (Å²) in [4.78, 5) is 0. The number of alkyl halides is 3. The minimum Gasteiger partial charge on any atom is -0.496 e. The number of hydrogen-bond donors (Lipinski definition) is 2. The molecular formula is C10H12F3NO2. The van der Waals surface area contributed by atoms with Gasteiger partial charge in [0.1, 0.15) is 5.75 Å². The van der Waals surface area contributed by atoms with Gasteiger partial charge in [0.15, 0.2) is 0 Å². The lowest BCUT2D eigenvalue weighted by atomic mass is 10.0. The quantitative estimate of drug-likeness (QED) is 0.838. The number of nitrogens with two attached hydrogens (primary N) is 1. The average molecular weight is 235 g/mol. The molecule has 3 N–H and O–H groups in total. The number of aliphatic hydroxyl groups is 1. The van der Waals surface area contributed by atoms with Gasteiger partial charge in [0, 0.05) is 12.1 Å². The summed E-state index contributed by atoms with van der Waals surface area (Å²) in [7, 11) is 1.12. The molecule has 3 nitrogen and oxygen atoms in total. The number of halogens is 3. The lowest BCUT2D eigenvalue weighted by Gasteiger charge is -2.17. The van der Waals surface area contributed by atoms with E-state index in [1.165, 1.54) is 12.1 Å². The van der Waals surface area contributed by atoms with Crippen molar-refractivity contribution >= 4 is 0 Å². The van der Waals surface area contributed by atoms with Crippen molar-refractivity contribution in [1.82, 2.24) is 0 Å². The second-order valence-electron chi connectivity index (χ2n) is 3.18. The molecule has 90 valence electrons. The van der Waals surface area contributed by atoms with Crippen molar-refractivity contribution in [2.75, 3.05) is 13.7 Å².